The first kappa shape index (κ1) is 13.7. The molecule has 0 bridgehead atoms. The summed E-state index contributed by atoms with van der Waals surface area (Å²) >= 11 is 2.25. The summed E-state index contributed by atoms with van der Waals surface area (Å²) in [5, 5.41) is 0. The number of benzene rings is 1. The number of methoxy groups -OCH3 is 1. The molecule has 1 rings (SSSR count). The maximum atomic E-state index is 5.91. The highest BCUT2D eigenvalue weighted by molar-refractivity contribution is 14.1. The third-order valence-corrected chi connectivity index (χ3v) is 3.42. The van der Waals surface area contributed by atoms with Crippen molar-refractivity contribution in [2.75, 3.05) is 26.2 Å². The van der Waals surface area contributed by atoms with Gasteiger partial charge in [-0.3, -0.25) is 0 Å². The van der Waals surface area contributed by atoms with Crippen LogP contribution in [0.1, 0.15) is 24.0 Å². The van der Waals surface area contributed by atoms with Crippen molar-refractivity contribution in [1.82, 2.24) is 0 Å². The molecule has 4 heteroatoms. The maximum Gasteiger partial charge on any atom is 0.146 e. The number of anilines is 1. The van der Waals surface area contributed by atoms with Gasteiger partial charge < -0.3 is 15.2 Å². The lowest BCUT2D eigenvalue weighted by atomic mass is 9.96. The topological polar surface area (TPSA) is 44.5 Å². The Kier molecular flexibility index (Phi) is 5.51. The van der Waals surface area contributed by atoms with Crippen molar-refractivity contribution in [2.45, 2.75) is 19.8 Å². The summed E-state index contributed by atoms with van der Waals surface area (Å²) in [6.07, 6.45) is 0. The Morgan fingerprint density at radius 2 is 2.12 bits per heavy atom. The Morgan fingerprint density at radius 3 is 2.75 bits per heavy atom. The van der Waals surface area contributed by atoms with Crippen molar-refractivity contribution in [3.63, 3.8) is 0 Å². The van der Waals surface area contributed by atoms with E-state index in [-0.39, 0.29) is 0 Å². The van der Waals surface area contributed by atoms with Gasteiger partial charge in [0.25, 0.3) is 0 Å². The first-order valence-corrected chi connectivity index (χ1v) is 6.26. The van der Waals surface area contributed by atoms with Crippen molar-refractivity contribution in [2.24, 2.45) is 0 Å². The molecule has 1 atom stereocenters. The van der Waals surface area contributed by atoms with Crippen molar-refractivity contribution >= 4 is 28.3 Å². The van der Waals surface area contributed by atoms with Crippen LogP contribution in [0.15, 0.2) is 12.1 Å². The summed E-state index contributed by atoms with van der Waals surface area (Å²) < 4.78 is 11.3. The lowest BCUT2D eigenvalue weighted by Crippen LogP contribution is -2.08. The third-order valence-electron chi connectivity index (χ3n) is 2.49. The van der Waals surface area contributed by atoms with Crippen LogP contribution in [0.25, 0.3) is 0 Å². The van der Waals surface area contributed by atoms with Gasteiger partial charge in [0.1, 0.15) is 6.79 Å². The SMILES string of the molecule is COCOCC(C)c1cc(N)c(I)cc1C. The molecule has 0 aromatic heterocycles. The van der Waals surface area contributed by atoms with Crippen LogP contribution in [-0.4, -0.2) is 20.5 Å². The molecule has 3 nitrogen and oxygen atoms in total. The summed E-state index contributed by atoms with van der Waals surface area (Å²) in [4.78, 5) is 0. The van der Waals surface area contributed by atoms with Crippen molar-refractivity contribution < 1.29 is 9.47 Å². The van der Waals surface area contributed by atoms with Gasteiger partial charge in [0.05, 0.1) is 6.61 Å². The zero-order valence-electron chi connectivity index (χ0n) is 9.92. The Morgan fingerprint density at radius 1 is 1.44 bits per heavy atom. The van der Waals surface area contributed by atoms with E-state index in [0.29, 0.717) is 19.3 Å². The van der Waals surface area contributed by atoms with E-state index in [1.165, 1.54) is 11.1 Å². The summed E-state index contributed by atoms with van der Waals surface area (Å²) in [5.74, 6) is 0.328. The fourth-order valence-corrected chi connectivity index (χ4v) is 2.26. The van der Waals surface area contributed by atoms with Gasteiger partial charge in [-0.1, -0.05) is 6.92 Å². The number of hydrogen-bond acceptors (Lipinski definition) is 3. The summed E-state index contributed by atoms with van der Waals surface area (Å²) in [6.45, 7) is 5.21. The Hall–Kier alpha value is -0.330. The van der Waals surface area contributed by atoms with Gasteiger partial charge >= 0.3 is 0 Å². The van der Waals surface area contributed by atoms with E-state index in [2.05, 4.69) is 42.5 Å². The van der Waals surface area contributed by atoms with Crippen molar-refractivity contribution in [1.29, 1.82) is 0 Å². The van der Waals surface area contributed by atoms with Gasteiger partial charge in [0.15, 0.2) is 0 Å². The minimum Gasteiger partial charge on any atom is -0.398 e. The minimum atomic E-state index is 0.328. The molecule has 1 aromatic rings. The van der Waals surface area contributed by atoms with Crippen LogP contribution < -0.4 is 5.73 Å². The molecule has 0 fully saturated rings. The Balaban J connectivity index is 2.75. The van der Waals surface area contributed by atoms with Crippen LogP contribution in [-0.2, 0) is 9.47 Å². The van der Waals surface area contributed by atoms with Crippen LogP contribution >= 0.6 is 22.6 Å². The zero-order chi connectivity index (χ0) is 12.1. The van der Waals surface area contributed by atoms with Gasteiger partial charge in [0.2, 0.25) is 0 Å². The number of halogens is 1. The van der Waals surface area contributed by atoms with E-state index in [1.807, 2.05) is 6.07 Å². The van der Waals surface area contributed by atoms with Gasteiger partial charge in [-0.05, 0) is 52.8 Å². The molecule has 1 unspecified atom stereocenters. The number of ether oxygens (including phenoxy) is 2. The second kappa shape index (κ2) is 6.42. The first-order chi connectivity index (χ1) is 7.56. The lowest BCUT2D eigenvalue weighted by Gasteiger charge is -2.16. The monoisotopic (exact) mass is 335 g/mol. The highest BCUT2D eigenvalue weighted by Gasteiger charge is 2.10. The quantitative estimate of drug-likeness (QED) is 0.389. The van der Waals surface area contributed by atoms with E-state index < -0.39 is 0 Å². The molecule has 1 aromatic carbocycles. The predicted molar refractivity (Wildman–Crippen MR) is 74.6 cm³/mol. The van der Waals surface area contributed by atoms with E-state index in [4.69, 9.17) is 15.2 Å². The summed E-state index contributed by atoms with van der Waals surface area (Å²) in [7, 11) is 1.62. The second-order valence-electron chi connectivity index (χ2n) is 3.91. The van der Waals surface area contributed by atoms with Crippen molar-refractivity contribution in [3.8, 4) is 0 Å². The summed E-state index contributed by atoms with van der Waals surface area (Å²) in [6, 6.07) is 4.15. The smallest absolute Gasteiger partial charge is 0.146 e. The van der Waals surface area contributed by atoms with Crippen LogP contribution in [0.5, 0.6) is 0 Å². The number of aryl methyl sites for hydroxylation is 1. The average Bonchev–Trinajstić information content (AvgIpc) is 2.23. The molecule has 0 heterocycles. The molecule has 0 aliphatic rings. The number of nitrogens with two attached hydrogens (primary N) is 1. The average molecular weight is 335 g/mol. The molecule has 16 heavy (non-hydrogen) atoms. The van der Waals surface area contributed by atoms with Crippen LogP contribution in [0, 0.1) is 10.5 Å². The van der Waals surface area contributed by atoms with E-state index in [0.717, 1.165) is 9.26 Å². The largest absolute Gasteiger partial charge is 0.398 e. The van der Waals surface area contributed by atoms with Crippen LogP contribution in [0.2, 0.25) is 0 Å². The molecule has 90 valence electrons. The molecule has 2 N–H and O–H groups in total. The van der Waals surface area contributed by atoms with E-state index >= 15 is 0 Å². The lowest BCUT2D eigenvalue weighted by molar-refractivity contribution is -0.0344. The normalized spacial score (nSPS) is 12.8. The maximum absolute atomic E-state index is 5.91. The van der Waals surface area contributed by atoms with Gasteiger partial charge in [-0.15, -0.1) is 0 Å². The molecular formula is C12H18INO2. The third kappa shape index (κ3) is 3.61. The Labute approximate surface area is 110 Å². The predicted octanol–water partition coefficient (Wildman–Crippen LogP) is 2.91. The number of nitrogen functional groups attached to an aromatic ring is 1. The zero-order valence-corrected chi connectivity index (χ0v) is 12.1. The molecule has 0 aliphatic heterocycles. The molecule has 0 amide bonds. The molecule has 0 spiro atoms. The highest BCUT2D eigenvalue weighted by Crippen LogP contribution is 2.26. The van der Waals surface area contributed by atoms with Gasteiger partial charge in [-0.25, -0.2) is 0 Å². The minimum absolute atomic E-state index is 0.328. The van der Waals surface area contributed by atoms with Crippen LogP contribution in [0.4, 0.5) is 5.69 Å². The van der Waals surface area contributed by atoms with Gasteiger partial charge in [-0.2, -0.15) is 0 Å². The van der Waals surface area contributed by atoms with E-state index in [1.54, 1.807) is 7.11 Å². The van der Waals surface area contributed by atoms with Crippen LogP contribution in [0.3, 0.4) is 0 Å². The second-order valence-corrected chi connectivity index (χ2v) is 5.07. The summed E-state index contributed by atoms with van der Waals surface area (Å²) in [5.41, 5.74) is 9.24. The standard InChI is InChI=1S/C12H18INO2/c1-8-4-11(13)12(14)5-10(8)9(2)6-16-7-15-3/h4-5,9H,6-7,14H2,1-3H3. The molecule has 0 saturated carbocycles. The van der Waals surface area contributed by atoms with E-state index in [9.17, 15) is 0 Å². The number of hydrogen-bond donors (Lipinski definition) is 1. The van der Waals surface area contributed by atoms with Crippen molar-refractivity contribution in [3.05, 3.63) is 26.8 Å². The Bertz CT molecular complexity index is 355. The molecule has 0 radical (unpaired) electrons. The molecule has 0 saturated heterocycles. The fraction of sp³-hybridized carbons (Fsp3) is 0.500. The molecule has 0 aliphatic carbocycles. The number of rotatable bonds is 5. The fourth-order valence-electron chi connectivity index (χ4n) is 1.64. The highest BCUT2D eigenvalue weighted by atomic mass is 127. The van der Waals surface area contributed by atoms with Gasteiger partial charge in [0, 0.05) is 22.3 Å². The molecular weight excluding hydrogens is 317 g/mol. The first-order valence-electron chi connectivity index (χ1n) is 5.18.